The van der Waals surface area contributed by atoms with Crippen LogP contribution in [0.15, 0.2) is 0 Å². The summed E-state index contributed by atoms with van der Waals surface area (Å²) in [6.07, 6.45) is 0.977. The Morgan fingerprint density at radius 3 is 1.75 bits per heavy atom. The minimum absolute atomic E-state index is 0.849. The van der Waals surface area contributed by atoms with Gasteiger partial charge in [0.1, 0.15) is 0 Å². The quantitative estimate of drug-likeness (QED) is 0.389. The molecule has 0 aliphatic carbocycles. The van der Waals surface area contributed by atoms with E-state index in [1.165, 1.54) is 25.9 Å². The average molecular weight is 235 g/mol. The van der Waals surface area contributed by atoms with Gasteiger partial charge in [-0.1, -0.05) is 13.8 Å². The molecule has 0 bridgehead atoms. The van der Waals surface area contributed by atoms with Gasteiger partial charge in [0.15, 0.2) is 6.73 Å². The van der Waals surface area contributed by atoms with Crippen LogP contribution < -0.4 is 5.11 Å². The predicted molar refractivity (Wildman–Crippen MR) is 60.8 cm³/mol. The topological polar surface area (TPSA) is 58.6 Å². The highest BCUT2D eigenvalue weighted by molar-refractivity contribution is 5.53. The normalized spacial score (nSPS) is 10.3. The first-order valence-electron chi connectivity index (χ1n) is 5.53. The molecule has 0 aliphatic rings. The Kier molecular flexibility index (Phi) is 11.8. The van der Waals surface area contributed by atoms with Crippen molar-refractivity contribution in [2.24, 2.45) is 0 Å². The lowest BCUT2D eigenvalue weighted by atomic mass is 10.3. The number of carbonyl (C=O) groups is 1. The van der Waals surface area contributed by atoms with E-state index in [1.54, 1.807) is 7.11 Å². The van der Waals surface area contributed by atoms with Crippen molar-refractivity contribution in [3.8, 4) is 0 Å². The SMILES string of the molecule is CCC[N+](C)(CCC)COC.COC(=O)[O-]. The van der Waals surface area contributed by atoms with Gasteiger partial charge in [-0.05, 0) is 12.8 Å². The zero-order valence-electron chi connectivity index (χ0n) is 11.1. The van der Waals surface area contributed by atoms with Crippen LogP contribution in [0.2, 0.25) is 0 Å². The number of rotatable bonds is 6. The van der Waals surface area contributed by atoms with Crippen LogP contribution in [0.4, 0.5) is 4.79 Å². The lowest BCUT2D eigenvalue weighted by Gasteiger charge is -2.32. The maximum atomic E-state index is 9.03. The van der Waals surface area contributed by atoms with Crippen LogP contribution in [0.25, 0.3) is 0 Å². The number of nitrogens with zero attached hydrogens (tertiary/aromatic N) is 1. The zero-order chi connectivity index (χ0) is 13.0. The van der Waals surface area contributed by atoms with E-state index in [0.717, 1.165) is 18.3 Å². The fourth-order valence-electron chi connectivity index (χ4n) is 1.63. The van der Waals surface area contributed by atoms with Crippen LogP contribution in [0, 0.1) is 0 Å². The summed E-state index contributed by atoms with van der Waals surface area (Å²) in [4.78, 5) is 9.03. The summed E-state index contributed by atoms with van der Waals surface area (Å²) >= 11 is 0. The van der Waals surface area contributed by atoms with Gasteiger partial charge in [0, 0.05) is 14.2 Å². The fourth-order valence-corrected chi connectivity index (χ4v) is 1.63. The van der Waals surface area contributed by atoms with E-state index in [0.29, 0.717) is 0 Å². The van der Waals surface area contributed by atoms with E-state index in [1.807, 2.05) is 0 Å². The summed E-state index contributed by atoms with van der Waals surface area (Å²) in [6, 6.07) is 0. The maximum absolute atomic E-state index is 9.03. The Morgan fingerprint density at radius 1 is 1.19 bits per heavy atom. The van der Waals surface area contributed by atoms with Crippen LogP contribution in [-0.4, -0.2) is 51.7 Å². The molecular weight excluding hydrogens is 210 g/mol. The van der Waals surface area contributed by atoms with Crippen molar-refractivity contribution < 1.29 is 23.9 Å². The number of methoxy groups -OCH3 is 2. The lowest BCUT2D eigenvalue weighted by Crippen LogP contribution is -2.46. The van der Waals surface area contributed by atoms with E-state index in [4.69, 9.17) is 14.6 Å². The molecule has 0 saturated heterocycles. The van der Waals surface area contributed by atoms with Crippen LogP contribution in [0.1, 0.15) is 26.7 Å². The molecule has 0 heterocycles. The first kappa shape index (κ1) is 17.6. The third-order valence-corrected chi connectivity index (χ3v) is 2.13. The molecule has 0 aromatic heterocycles. The van der Waals surface area contributed by atoms with Gasteiger partial charge in [-0.2, -0.15) is 0 Å². The minimum atomic E-state index is -1.50. The van der Waals surface area contributed by atoms with Crippen molar-refractivity contribution in [1.29, 1.82) is 0 Å². The van der Waals surface area contributed by atoms with Gasteiger partial charge in [0.25, 0.3) is 6.16 Å². The summed E-state index contributed by atoms with van der Waals surface area (Å²) < 4.78 is 9.80. The molecule has 5 nitrogen and oxygen atoms in total. The van der Waals surface area contributed by atoms with Crippen molar-refractivity contribution in [1.82, 2.24) is 0 Å². The molecule has 0 amide bonds. The van der Waals surface area contributed by atoms with Gasteiger partial charge in [-0.15, -0.1) is 0 Å². The monoisotopic (exact) mass is 235 g/mol. The van der Waals surface area contributed by atoms with Crippen LogP contribution in [0.3, 0.4) is 0 Å². The van der Waals surface area contributed by atoms with Gasteiger partial charge in [0.05, 0.1) is 20.1 Å². The minimum Gasteiger partial charge on any atom is -0.553 e. The Balaban J connectivity index is 0. The largest absolute Gasteiger partial charge is 0.553 e. The molecule has 98 valence electrons. The Hall–Kier alpha value is -0.810. The first-order chi connectivity index (χ1) is 7.45. The van der Waals surface area contributed by atoms with E-state index < -0.39 is 6.16 Å². The molecule has 0 N–H and O–H groups in total. The molecule has 0 fully saturated rings. The first-order valence-corrected chi connectivity index (χ1v) is 5.53. The van der Waals surface area contributed by atoms with E-state index in [2.05, 4.69) is 25.6 Å². The van der Waals surface area contributed by atoms with E-state index >= 15 is 0 Å². The third-order valence-electron chi connectivity index (χ3n) is 2.13. The third kappa shape index (κ3) is 11.3. The van der Waals surface area contributed by atoms with Crippen LogP contribution in [0.5, 0.6) is 0 Å². The summed E-state index contributed by atoms with van der Waals surface area (Å²) in [7, 11) is 5.08. The number of ether oxygens (including phenoxy) is 2. The standard InChI is InChI=1S/C9H22NO.C2H4O3/c1-5-7-10(3,8-6-2)9-11-4;1-5-2(3)4/h5-9H2,1-4H3;1H3,(H,3,4)/q+1;/p-1. The maximum Gasteiger partial charge on any atom is 0.251 e. The molecule has 16 heavy (non-hydrogen) atoms. The molecule has 5 heteroatoms. The number of carbonyl (C=O) groups excluding carboxylic acids is 1. The van der Waals surface area contributed by atoms with Crippen molar-refractivity contribution in [2.75, 3.05) is 41.1 Å². The second-order valence-electron chi connectivity index (χ2n) is 3.94. The highest BCUT2D eigenvalue weighted by atomic mass is 16.6. The molecule has 0 atom stereocenters. The molecule has 0 aliphatic heterocycles. The smallest absolute Gasteiger partial charge is 0.251 e. The number of hydrogen-bond donors (Lipinski definition) is 0. The fraction of sp³-hybridized carbons (Fsp3) is 0.909. The summed E-state index contributed by atoms with van der Waals surface area (Å²) in [5, 5.41) is 9.03. The molecule has 0 spiro atoms. The molecule has 0 rings (SSSR count). The van der Waals surface area contributed by atoms with Crippen molar-refractivity contribution in [2.45, 2.75) is 26.7 Å². The highest BCUT2D eigenvalue weighted by Crippen LogP contribution is 2.05. The van der Waals surface area contributed by atoms with Crippen LogP contribution in [-0.2, 0) is 9.47 Å². The number of carboxylic acid groups (broad SMARTS) is 1. The van der Waals surface area contributed by atoms with Crippen molar-refractivity contribution in [3.63, 3.8) is 0 Å². The van der Waals surface area contributed by atoms with E-state index in [-0.39, 0.29) is 0 Å². The summed E-state index contributed by atoms with van der Waals surface area (Å²) in [6.45, 7) is 7.74. The van der Waals surface area contributed by atoms with Gasteiger partial charge >= 0.3 is 0 Å². The molecule has 0 aromatic carbocycles. The van der Waals surface area contributed by atoms with Crippen molar-refractivity contribution in [3.05, 3.63) is 0 Å². The number of quaternary nitrogens is 1. The van der Waals surface area contributed by atoms with Crippen molar-refractivity contribution >= 4 is 6.16 Å². The lowest BCUT2D eigenvalue weighted by molar-refractivity contribution is -0.927. The molecular formula is C11H25NO4. The molecule has 0 radical (unpaired) electrons. The van der Waals surface area contributed by atoms with Gasteiger partial charge in [-0.25, -0.2) is 0 Å². The second-order valence-corrected chi connectivity index (χ2v) is 3.94. The predicted octanol–water partition coefficient (Wildman–Crippen LogP) is 0.833. The molecule has 0 unspecified atom stereocenters. The van der Waals surface area contributed by atoms with Gasteiger partial charge in [-0.3, -0.25) is 0 Å². The van der Waals surface area contributed by atoms with E-state index in [9.17, 15) is 0 Å². The number of hydrogen-bond acceptors (Lipinski definition) is 4. The summed E-state index contributed by atoms with van der Waals surface area (Å²) in [5.41, 5.74) is 0. The molecule has 0 aromatic rings. The van der Waals surface area contributed by atoms with Gasteiger partial charge < -0.3 is 23.9 Å². The zero-order valence-corrected chi connectivity index (χ0v) is 11.1. The second kappa shape index (κ2) is 10.7. The summed E-state index contributed by atoms with van der Waals surface area (Å²) in [5.74, 6) is 0. The Bertz CT molecular complexity index is 156. The van der Waals surface area contributed by atoms with Gasteiger partial charge in [0.2, 0.25) is 0 Å². The Morgan fingerprint density at radius 2 is 1.56 bits per heavy atom. The van der Waals surface area contributed by atoms with Crippen LogP contribution >= 0.6 is 0 Å². The Labute approximate surface area is 98.5 Å². The average Bonchev–Trinajstić information content (AvgIpc) is 2.19. The molecule has 0 saturated carbocycles. The highest BCUT2D eigenvalue weighted by Gasteiger charge is 2.17.